The van der Waals surface area contributed by atoms with Gasteiger partial charge in [0.2, 0.25) is 0 Å². The molecule has 17 heavy (non-hydrogen) atoms. The van der Waals surface area contributed by atoms with Crippen LogP contribution >= 0.6 is 0 Å². The average Bonchev–Trinajstić information content (AvgIpc) is 2.39. The quantitative estimate of drug-likeness (QED) is 0.813. The lowest BCUT2D eigenvalue weighted by atomic mass is 9.84. The largest absolute Gasteiger partial charge is 0.317 e. The van der Waals surface area contributed by atoms with E-state index in [4.69, 9.17) is 0 Å². The zero-order valence-electron chi connectivity index (χ0n) is 11.9. The molecule has 2 nitrogen and oxygen atoms in total. The van der Waals surface area contributed by atoms with Crippen LogP contribution in [0.1, 0.15) is 52.4 Å². The summed E-state index contributed by atoms with van der Waals surface area (Å²) in [7, 11) is 2.11. The maximum absolute atomic E-state index is 3.43. The van der Waals surface area contributed by atoms with E-state index >= 15 is 0 Å². The fourth-order valence-electron chi connectivity index (χ4n) is 3.68. The molecule has 0 aromatic heterocycles. The fraction of sp³-hybridized carbons (Fsp3) is 1.00. The summed E-state index contributed by atoms with van der Waals surface area (Å²) in [5, 5.41) is 3.43. The lowest BCUT2D eigenvalue weighted by molar-refractivity contribution is 0.0880. The minimum Gasteiger partial charge on any atom is -0.317 e. The molecule has 2 fully saturated rings. The first-order valence-electron chi connectivity index (χ1n) is 7.62. The van der Waals surface area contributed by atoms with E-state index in [1.807, 2.05) is 0 Å². The van der Waals surface area contributed by atoms with Crippen molar-refractivity contribution in [2.24, 2.45) is 11.8 Å². The summed E-state index contributed by atoms with van der Waals surface area (Å²) in [6, 6.07) is 1.69. The average molecular weight is 238 g/mol. The molecule has 2 rings (SSSR count). The number of hydrogen-bond donors (Lipinski definition) is 1. The van der Waals surface area contributed by atoms with Gasteiger partial charge in [-0.05, 0) is 70.5 Å². The first-order valence-corrected chi connectivity index (χ1v) is 7.62. The molecule has 0 bridgehead atoms. The van der Waals surface area contributed by atoms with Crippen molar-refractivity contribution < 1.29 is 0 Å². The maximum atomic E-state index is 3.43. The van der Waals surface area contributed by atoms with E-state index in [9.17, 15) is 0 Å². The van der Waals surface area contributed by atoms with Crippen LogP contribution in [0, 0.1) is 11.8 Å². The molecule has 0 amide bonds. The fourth-order valence-corrected chi connectivity index (χ4v) is 3.68. The molecular formula is C15H30N2. The molecule has 1 aliphatic carbocycles. The highest BCUT2D eigenvalue weighted by Gasteiger charge is 2.29. The van der Waals surface area contributed by atoms with Crippen LogP contribution in [0.15, 0.2) is 0 Å². The summed E-state index contributed by atoms with van der Waals surface area (Å²) in [4.78, 5) is 2.78. The van der Waals surface area contributed by atoms with E-state index in [-0.39, 0.29) is 0 Å². The molecule has 1 aliphatic heterocycles. The van der Waals surface area contributed by atoms with Gasteiger partial charge in [-0.1, -0.05) is 13.8 Å². The van der Waals surface area contributed by atoms with E-state index in [0.29, 0.717) is 0 Å². The Hall–Kier alpha value is -0.0800. The van der Waals surface area contributed by atoms with Crippen molar-refractivity contribution >= 4 is 0 Å². The van der Waals surface area contributed by atoms with Crippen LogP contribution in [-0.2, 0) is 0 Å². The van der Waals surface area contributed by atoms with Gasteiger partial charge in [0.15, 0.2) is 0 Å². The predicted molar refractivity (Wildman–Crippen MR) is 74.2 cm³/mol. The van der Waals surface area contributed by atoms with Crippen molar-refractivity contribution in [2.45, 2.75) is 64.5 Å². The van der Waals surface area contributed by atoms with Gasteiger partial charge < -0.3 is 10.2 Å². The van der Waals surface area contributed by atoms with E-state index in [0.717, 1.165) is 23.9 Å². The zero-order chi connectivity index (χ0) is 12.3. The van der Waals surface area contributed by atoms with Crippen molar-refractivity contribution in [3.63, 3.8) is 0 Å². The molecule has 0 aromatic carbocycles. The molecule has 1 heterocycles. The molecule has 1 N–H and O–H groups in total. The molecule has 0 aromatic rings. The van der Waals surface area contributed by atoms with E-state index in [1.165, 1.54) is 51.6 Å². The maximum Gasteiger partial charge on any atom is 0.00964 e. The van der Waals surface area contributed by atoms with Crippen molar-refractivity contribution in [2.75, 3.05) is 20.1 Å². The van der Waals surface area contributed by atoms with Crippen LogP contribution in [0.2, 0.25) is 0 Å². The Balaban J connectivity index is 1.74. The second kappa shape index (κ2) is 6.19. The minimum absolute atomic E-state index is 0.791. The Bertz CT molecular complexity index is 211. The Morgan fingerprint density at radius 1 is 0.941 bits per heavy atom. The highest BCUT2D eigenvalue weighted by molar-refractivity contribution is 4.85. The van der Waals surface area contributed by atoms with Crippen molar-refractivity contribution in [1.82, 2.24) is 10.2 Å². The number of likely N-dealkylation sites (tertiary alicyclic amines) is 1. The summed E-state index contributed by atoms with van der Waals surface area (Å²) in [5.41, 5.74) is 0. The summed E-state index contributed by atoms with van der Waals surface area (Å²) >= 11 is 0. The number of rotatable bonds is 3. The molecule has 2 aliphatic rings. The third-order valence-electron chi connectivity index (χ3n) is 5.14. The number of piperidine rings is 1. The molecule has 0 unspecified atom stereocenters. The highest BCUT2D eigenvalue weighted by Crippen LogP contribution is 2.29. The van der Waals surface area contributed by atoms with Gasteiger partial charge in [0.05, 0.1) is 0 Å². The van der Waals surface area contributed by atoms with Crippen LogP contribution in [0.5, 0.6) is 0 Å². The lowest BCUT2D eigenvalue weighted by Crippen LogP contribution is -2.45. The van der Waals surface area contributed by atoms with E-state index < -0.39 is 0 Å². The Morgan fingerprint density at radius 2 is 1.53 bits per heavy atom. The second-order valence-corrected chi connectivity index (χ2v) is 6.41. The summed E-state index contributed by atoms with van der Waals surface area (Å²) in [6.45, 7) is 7.49. The molecule has 0 radical (unpaired) electrons. The summed E-state index contributed by atoms with van der Waals surface area (Å²) in [6.07, 6.45) is 8.46. The molecule has 0 atom stereocenters. The number of nitrogens with one attached hydrogen (secondary N) is 1. The summed E-state index contributed by atoms with van der Waals surface area (Å²) < 4.78 is 0. The third kappa shape index (κ3) is 3.45. The summed E-state index contributed by atoms with van der Waals surface area (Å²) in [5.74, 6) is 1.87. The molecule has 2 heteroatoms. The SMILES string of the molecule is CNC1CCC(N2CCC(C(C)C)CC2)CC1. The molecule has 1 saturated heterocycles. The Morgan fingerprint density at radius 3 is 2.00 bits per heavy atom. The van der Waals surface area contributed by atoms with Crippen molar-refractivity contribution in [3.05, 3.63) is 0 Å². The highest BCUT2D eigenvalue weighted by atomic mass is 15.2. The normalized spacial score (nSPS) is 33.2. The molecular weight excluding hydrogens is 208 g/mol. The van der Waals surface area contributed by atoms with Crippen LogP contribution in [0.3, 0.4) is 0 Å². The van der Waals surface area contributed by atoms with Crippen LogP contribution in [0.4, 0.5) is 0 Å². The first-order chi connectivity index (χ1) is 8.20. The van der Waals surface area contributed by atoms with Gasteiger partial charge >= 0.3 is 0 Å². The van der Waals surface area contributed by atoms with E-state index in [1.54, 1.807) is 0 Å². The van der Waals surface area contributed by atoms with Crippen LogP contribution < -0.4 is 5.32 Å². The predicted octanol–water partition coefficient (Wildman–Crippen LogP) is 2.89. The van der Waals surface area contributed by atoms with Gasteiger partial charge in [-0.25, -0.2) is 0 Å². The van der Waals surface area contributed by atoms with Gasteiger partial charge in [-0.15, -0.1) is 0 Å². The second-order valence-electron chi connectivity index (χ2n) is 6.41. The smallest absolute Gasteiger partial charge is 0.00964 e. The topological polar surface area (TPSA) is 15.3 Å². The molecule has 100 valence electrons. The van der Waals surface area contributed by atoms with Gasteiger partial charge in [0.1, 0.15) is 0 Å². The lowest BCUT2D eigenvalue weighted by Gasteiger charge is -2.41. The Kier molecular flexibility index (Phi) is 4.87. The molecule has 0 spiro atoms. The minimum atomic E-state index is 0.791. The van der Waals surface area contributed by atoms with Crippen LogP contribution in [-0.4, -0.2) is 37.1 Å². The monoisotopic (exact) mass is 238 g/mol. The third-order valence-corrected chi connectivity index (χ3v) is 5.14. The standard InChI is InChI=1S/C15H30N2/c1-12(2)13-8-10-17(11-9-13)15-6-4-14(16-3)5-7-15/h12-16H,4-11H2,1-3H3. The number of nitrogens with zero attached hydrogens (tertiary/aromatic N) is 1. The molecule has 1 saturated carbocycles. The van der Waals surface area contributed by atoms with Gasteiger partial charge in [-0.2, -0.15) is 0 Å². The van der Waals surface area contributed by atoms with E-state index in [2.05, 4.69) is 31.1 Å². The Labute approximate surface area is 107 Å². The van der Waals surface area contributed by atoms with Gasteiger partial charge in [0.25, 0.3) is 0 Å². The van der Waals surface area contributed by atoms with Gasteiger partial charge in [0, 0.05) is 12.1 Å². The number of hydrogen-bond acceptors (Lipinski definition) is 2. The first kappa shape index (κ1) is 13.4. The van der Waals surface area contributed by atoms with Gasteiger partial charge in [-0.3, -0.25) is 0 Å². The van der Waals surface area contributed by atoms with Crippen molar-refractivity contribution in [1.29, 1.82) is 0 Å². The van der Waals surface area contributed by atoms with Crippen molar-refractivity contribution in [3.8, 4) is 0 Å². The zero-order valence-corrected chi connectivity index (χ0v) is 11.9. The van der Waals surface area contributed by atoms with Crippen LogP contribution in [0.25, 0.3) is 0 Å².